The van der Waals surface area contributed by atoms with Crippen molar-refractivity contribution in [2.45, 2.75) is 6.54 Å². The van der Waals surface area contributed by atoms with Crippen LogP contribution < -0.4 is 0 Å². The highest BCUT2D eigenvalue weighted by Crippen LogP contribution is 2.14. The Morgan fingerprint density at radius 3 is 2.26 bits per heavy atom. The standard InChI is InChI=1S/C15H13BrClNO/c1-18(10-11-2-6-13(16)7-3-11)15(19)12-4-8-14(17)9-5-12/h2-9H,10H2,1H3. The SMILES string of the molecule is CN(Cc1ccc(Br)cc1)C(=O)c1ccc(Cl)cc1. The van der Waals surface area contributed by atoms with Gasteiger partial charge in [0.2, 0.25) is 0 Å². The molecule has 0 aliphatic carbocycles. The molecular formula is C15H13BrClNO. The lowest BCUT2D eigenvalue weighted by Crippen LogP contribution is -2.26. The Hall–Kier alpha value is -1.32. The second kappa shape index (κ2) is 6.22. The molecule has 0 fully saturated rings. The zero-order valence-corrected chi connectivity index (χ0v) is 12.8. The van der Waals surface area contributed by atoms with Crippen LogP contribution in [0.4, 0.5) is 0 Å². The fraction of sp³-hybridized carbons (Fsp3) is 0.133. The summed E-state index contributed by atoms with van der Waals surface area (Å²) in [6.45, 7) is 0.578. The number of benzene rings is 2. The van der Waals surface area contributed by atoms with E-state index in [4.69, 9.17) is 11.6 Å². The Bertz CT molecular complexity index is 566. The van der Waals surface area contributed by atoms with Gasteiger partial charge < -0.3 is 4.90 Å². The summed E-state index contributed by atoms with van der Waals surface area (Å²) < 4.78 is 1.03. The molecule has 4 heteroatoms. The van der Waals surface area contributed by atoms with Crippen LogP contribution in [0.3, 0.4) is 0 Å². The van der Waals surface area contributed by atoms with Crippen LogP contribution in [0.2, 0.25) is 5.02 Å². The molecule has 2 rings (SSSR count). The van der Waals surface area contributed by atoms with Gasteiger partial charge >= 0.3 is 0 Å². The first-order chi connectivity index (χ1) is 9.06. The average Bonchev–Trinajstić information content (AvgIpc) is 2.41. The van der Waals surface area contributed by atoms with Crippen LogP contribution in [0.5, 0.6) is 0 Å². The summed E-state index contributed by atoms with van der Waals surface area (Å²) in [5, 5.41) is 0.632. The van der Waals surface area contributed by atoms with Gasteiger partial charge in [0, 0.05) is 28.7 Å². The van der Waals surface area contributed by atoms with Crippen LogP contribution in [0, 0.1) is 0 Å². The summed E-state index contributed by atoms with van der Waals surface area (Å²) >= 11 is 9.20. The third kappa shape index (κ3) is 3.82. The highest BCUT2D eigenvalue weighted by Gasteiger charge is 2.11. The van der Waals surface area contributed by atoms with Gasteiger partial charge in [-0.25, -0.2) is 0 Å². The first-order valence-electron chi connectivity index (χ1n) is 5.82. The Balaban J connectivity index is 2.07. The number of halogens is 2. The average molecular weight is 339 g/mol. The van der Waals surface area contributed by atoms with Crippen molar-refractivity contribution < 1.29 is 4.79 Å². The number of carbonyl (C=O) groups is 1. The molecule has 0 heterocycles. The van der Waals surface area contributed by atoms with Gasteiger partial charge in [0.05, 0.1) is 0 Å². The minimum Gasteiger partial charge on any atom is -0.337 e. The highest BCUT2D eigenvalue weighted by atomic mass is 79.9. The van der Waals surface area contributed by atoms with E-state index in [1.165, 1.54) is 0 Å². The molecule has 0 saturated carbocycles. The maximum atomic E-state index is 12.2. The number of rotatable bonds is 3. The van der Waals surface area contributed by atoms with Crippen LogP contribution in [0.25, 0.3) is 0 Å². The fourth-order valence-corrected chi connectivity index (χ4v) is 2.14. The predicted molar refractivity (Wildman–Crippen MR) is 81.4 cm³/mol. The highest BCUT2D eigenvalue weighted by molar-refractivity contribution is 9.10. The molecule has 0 atom stereocenters. The third-order valence-corrected chi connectivity index (χ3v) is 3.55. The molecule has 0 aromatic heterocycles. The van der Waals surface area contributed by atoms with E-state index >= 15 is 0 Å². The lowest BCUT2D eigenvalue weighted by atomic mass is 10.1. The lowest BCUT2D eigenvalue weighted by molar-refractivity contribution is 0.0785. The maximum absolute atomic E-state index is 12.2. The summed E-state index contributed by atoms with van der Waals surface area (Å²) in [5.74, 6) is -0.0143. The van der Waals surface area contributed by atoms with Gasteiger partial charge in [0.25, 0.3) is 5.91 Å². The molecule has 0 unspecified atom stereocenters. The molecule has 2 aromatic rings. The number of amides is 1. The normalized spacial score (nSPS) is 10.3. The summed E-state index contributed by atoms with van der Waals surface area (Å²) in [6.07, 6.45) is 0. The first-order valence-corrected chi connectivity index (χ1v) is 6.99. The largest absolute Gasteiger partial charge is 0.337 e. The molecule has 0 bridgehead atoms. The minimum absolute atomic E-state index is 0.0143. The summed E-state index contributed by atoms with van der Waals surface area (Å²) in [4.78, 5) is 13.9. The van der Waals surface area contributed by atoms with E-state index in [1.54, 1.807) is 36.2 Å². The Kier molecular flexibility index (Phi) is 4.61. The van der Waals surface area contributed by atoms with E-state index in [0.29, 0.717) is 17.1 Å². The molecule has 0 radical (unpaired) electrons. The van der Waals surface area contributed by atoms with Crippen molar-refractivity contribution in [2.24, 2.45) is 0 Å². The van der Waals surface area contributed by atoms with Crippen molar-refractivity contribution in [2.75, 3.05) is 7.05 Å². The maximum Gasteiger partial charge on any atom is 0.253 e. The molecule has 2 aromatic carbocycles. The summed E-state index contributed by atoms with van der Waals surface area (Å²) in [6, 6.07) is 14.9. The van der Waals surface area contributed by atoms with E-state index in [2.05, 4.69) is 15.9 Å². The zero-order valence-electron chi connectivity index (χ0n) is 10.4. The monoisotopic (exact) mass is 337 g/mol. The van der Waals surface area contributed by atoms with E-state index in [0.717, 1.165) is 10.0 Å². The van der Waals surface area contributed by atoms with Crippen LogP contribution in [0.1, 0.15) is 15.9 Å². The zero-order chi connectivity index (χ0) is 13.8. The van der Waals surface area contributed by atoms with Crippen LogP contribution in [-0.4, -0.2) is 17.9 Å². The summed E-state index contributed by atoms with van der Waals surface area (Å²) in [7, 11) is 1.79. The number of hydrogen-bond acceptors (Lipinski definition) is 1. The fourth-order valence-electron chi connectivity index (χ4n) is 1.75. The molecule has 0 saturated heterocycles. The molecule has 0 aliphatic rings. The second-order valence-electron chi connectivity index (χ2n) is 4.29. The molecule has 1 amide bonds. The van der Waals surface area contributed by atoms with Crippen LogP contribution >= 0.6 is 27.5 Å². The number of carbonyl (C=O) groups excluding carboxylic acids is 1. The van der Waals surface area contributed by atoms with Gasteiger partial charge in [0.1, 0.15) is 0 Å². The number of hydrogen-bond donors (Lipinski definition) is 0. The molecule has 98 valence electrons. The van der Waals surface area contributed by atoms with Crippen molar-refractivity contribution in [3.8, 4) is 0 Å². The Labute approximate surface area is 126 Å². The third-order valence-electron chi connectivity index (χ3n) is 2.77. The van der Waals surface area contributed by atoms with E-state index < -0.39 is 0 Å². The minimum atomic E-state index is -0.0143. The topological polar surface area (TPSA) is 20.3 Å². The first kappa shape index (κ1) is 14.1. The van der Waals surface area contributed by atoms with E-state index in [-0.39, 0.29) is 5.91 Å². The van der Waals surface area contributed by atoms with Crippen molar-refractivity contribution >= 4 is 33.4 Å². The van der Waals surface area contributed by atoms with Gasteiger partial charge in [-0.05, 0) is 42.0 Å². The van der Waals surface area contributed by atoms with Crippen LogP contribution in [0.15, 0.2) is 53.0 Å². The Morgan fingerprint density at radius 1 is 1.11 bits per heavy atom. The molecule has 0 aliphatic heterocycles. The van der Waals surface area contributed by atoms with Crippen molar-refractivity contribution in [1.29, 1.82) is 0 Å². The van der Waals surface area contributed by atoms with Crippen LogP contribution in [-0.2, 0) is 6.54 Å². The van der Waals surface area contributed by atoms with Gasteiger partial charge in [-0.2, -0.15) is 0 Å². The van der Waals surface area contributed by atoms with E-state index in [9.17, 15) is 4.79 Å². The number of nitrogens with zero attached hydrogens (tertiary/aromatic N) is 1. The predicted octanol–water partition coefficient (Wildman–Crippen LogP) is 4.37. The van der Waals surface area contributed by atoms with Crippen molar-refractivity contribution in [1.82, 2.24) is 4.90 Å². The quantitative estimate of drug-likeness (QED) is 0.813. The molecule has 19 heavy (non-hydrogen) atoms. The molecular weight excluding hydrogens is 326 g/mol. The smallest absolute Gasteiger partial charge is 0.253 e. The van der Waals surface area contributed by atoms with Gasteiger partial charge in [-0.15, -0.1) is 0 Å². The van der Waals surface area contributed by atoms with Crippen molar-refractivity contribution in [3.05, 3.63) is 69.2 Å². The molecule has 2 nitrogen and oxygen atoms in total. The van der Waals surface area contributed by atoms with Gasteiger partial charge in [-0.1, -0.05) is 39.7 Å². The molecule has 0 spiro atoms. The molecule has 0 N–H and O–H groups in total. The Morgan fingerprint density at radius 2 is 1.68 bits per heavy atom. The van der Waals surface area contributed by atoms with E-state index in [1.807, 2.05) is 24.3 Å². The lowest BCUT2D eigenvalue weighted by Gasteiger charge is -2.17. The van der Waals surface area contributed by atoms with Gasteiger partial charge in [-0.3, -0.25) is 4.79 Å². The summed E-state index contributed by atoms with van der Waals surface area (Å²) in [5.41, 5.74) is 1.73. The van der Waals surface area contributed by atoms with Gasteiger partial charge in [0.15, 0.2) is 0 Å². The second-order valence-corrected chi connectivity index (χ2v) is 5.65. The van der Waals surface area contributed by atoms with Crippen molar-refractivity contribution in [3.63, 3.8) is 0 Å².